The van der Waals surface area contributed by atoms with E-state index < -0.39 is 23.3 Å². The van der Waals surface area contributed by atoms with Crippen molar-refractivity contribution in [2.45, 2.75) is 45.6 Å². The van der Waals surface area contributed by atoms with Crippen LogP contribution in [0.4, 0.5) is 4.39 Å². The van der Waals surface area contributed by atoms with E-state index in [4.69, 9.17) is 9.47 Å². The van der Waals surface area contributed by atoms with Crippen LogP contribution in [0.15, 0.2) is 36.2 Å². The van der Waals surface area contributed by atoms with Crippen LogP contribution in [0, 0.1) is 11.2 Å². The zero-order valence-corrected chi connectivity index (χ0v) is 16.9. The average Bonchev–Trinajstić information content (AvgIpc) is 3.19. The van der Waals surface area contributed by atoms with E-state index in [9.17, 15) is 18.8 Å². The van der Waals surface area contributed by atoms with Crippen LogP contribution in [0.25, 0.3) is 0 Å². The third-order valence-corrected chi connectivity index (χ3v) is 5.01. The zero-order valence-electron chi connectivity index (χ0n) is 16.9. The van der Waals surface area contributed by atoms with Gasteiger partial charge in [-0.15, -0.1) is 0 Å². The number of halogens is 1. The minimum Gasteiger partial charge on any atom is -0.468 e. The van der Waals surface area contributed by atoms with Gasteiger partial charge in [-0.1, -0.05) is 25.0 Å². The first-order chi connectivity index (χ1) is 13.8. The molecule has 2 rings (SSSR count). The lowest BCUT2D eigenvalue weighted by molar-refractivity contribution is -0.158. The maximum absolute atomic E-state index is 13.2. The number of hydrogen-bond donors (Lipinski definition) is 2. The number of carbonyl (C=O) groups is 3. The van der Waals surface area contributed by atoms with Gasteiger partial charge >= 0.3 is 11.9 Å². The van der Waals surface area contributed by atoms with Crippen molar-refractivity contribution in [2.75, 3.05) is 13.7 Å². The van der Waals surface area contributed by atoms with Gasteiger partial charge in [0.05, 0.1) is 19.8 Å². The second-order valence-electron chi connectivity index (χ2n) is 6.96. The summed E-state index contributed by atoms with van der Waals surface area (Å²) in [6, 6.07) is 5.50. The second kappa shape index (κ2) is 10.0. The molecule has 158 valence electrons. The molecule has 1 saturated carbocycles. The number of ether oxygens (including phenoxy) is 2. The highest BCUT2D eigenvalue weighted by molar-refractivity contribution is 6.03. The summed E-state index contributed by atoms with van der Waals surface area (Å²) >= 11 is 0. The van der Waals surface area contributed by atoms with Crippen LogP contribution in [0.3, 0.4) is 0 Å². The van der Waals surface area contributed by atoms with Gasteiger partial charge in [-0.3, -0.25) is 9.59 Å². The highest BCUT2D eigenvalue weighted by Gasteiger charge is 2.49. The standard InChI is InChI=1S/C21H27FN2O5/c1-4-29-18(25)13-17(23-14(2)15-7-9-16(22)10-8-15)24-19(26)21(20(27)28-3)11-5-6-12-21/h7-10,13-14,23H,4-6,11-12H2,1-3H3,(H,24,26)/t14-/m0/s1. The molecular formula is C21H27FN2O5. The first-order valence-electron chi connectivity index (χ1n) is 9.62. The van der Waals surface area contributed by atoms with E-state index in [0.29, 0.717) is 12.8 Å². The number of esters is 2. The molecular weight excluding hydrogens is 379 g/mol. The van der Waals surface area contributed by atoms with Crippen molar-refractivity contribution in [1.29, 1.82) is 0 Å². The maximum Gasteiger partial charge on any atom is 0.334 e. The number of methoxy groups -OCH3 is 1. The Morgan fingerprint density at radius 1 is 1.21 bits per heavy atom. The number of amides is 1. The molecule has 7 nitrogen and oxygen atoms in total. The molecule has 1 aliphatic carbocycles. The maximum atomic E-state index is 13.2. The van der Waals surface area contributed by atoms with Gasteiger partial charge < -0.3 is 20.1 Å². The lowest BCUT2D eigenvalue weighted by atomic mass is 9.85. The molecule has 2 N–H and O–H groups in total. The molecule has 0 aliphatic heterocycles. The summed E-state index contributed by atoms with van der Waals surface area (Å²) in [6.45, 7) is 3.64. The summed E-state index contributed by atoms with van der Waals surface area (Å²) in [7, 11) is 1.25. The van der Waals surface area contributed by atoms with E-state index in [-0.39, 0.29) is 24.3 Å². The topological polar surface area (TPSA) is 93.7 Å². The fourth-order valence-corrected chi connectivity index (χ4v) is 3.42. The summed E-state index contributed by atoms with van der Waals surface area (Å²) < 4.78 is 23.0. The monoisotopic (exact) mass is 406 g/mol. The van der Waals surface area contributed by atoms with Crippen LogP contribution >= 0.6 is 0 Å². The van der Waals surface area contributed by atoms with Crippen molar-refractivity contribution in [1.82, 2.24) is 10.6 Å². The summed E-state index contributed by atoms with van der Waals surface area (Å²) in [6.07, 6.45) is 3.36. The molecule has 0 spiro atoms. The second-order valence-corrected chi connectivity index (χ2v) is 6.96. The van der Waals surface area contributed by atoms with Crippen molar-refractivity contribution in [2.24, 2.45) is 5.41 Å². The van der Waals surface area contributed by atoms with Gasteiger partial charge in [0.2, 0.25) is 5.91 Å². The summed E-state index contributed by atoms with van der Waals surface area (Å²) in [4.78, 5) is 37.3. The van der Waals surface area contributed by atoms with Crippen LogP contribution in [0.5, 0.6) is 0 Å². The zero-order chi connectivity index (χ0) is 21.4. The normalized spacial score (nSPS) is 16.6. The van der Waals surface area contributed by atoms with E-state index >= 15 is 0 Å². The van der Waals surface area contributed by atoms with Crippen LogP contribution in [-0.2, 0) is 23.9 Å². The lowest BCUT2D eigenvalue weighted by Crippen LogP contribution is -2.47. The van der Waals surface area contributed by atoms with Gasteiger partial charge in [-0.2, -0.15) is 0 Å². The number of benzene rings is 1. The van der Waals surface area contributed by atoms with Crippen molar-refractivity contribution >= 4 is 17.8 Å². The van der Waals surface area contributed by atoms with Gasteiger partial charge in [0.1, 0.15) is 17.1 Å². The van der Waals surface area contributed by atoms with Crippen LogP contribution in [-0.4, -0.2) is 31.6 Å². The Bertz CT molecular complexity index is 770. The largest absolute Gasteiger partial charge is 0.468 e. The SMILES string of the molecule is CCOC(=O)C=C(NC(=O)C1(C(=O)OC)CCCC1)N[C@@H](C)c1ccc(F)cc1. The smallest absolute Gasteiger partial charge is 0.334 e. The predicted octanol–water partition coefficient (Wildman–Crippen LogP) is 2.73. The molecule has 29 heavy (non-hydrogen) atoms. The third kappa shape index (κ3) is 5.56. The highest BCUT2D eigenvalue weighted by Crippen LogP contribution is 2.39. The molecule has 1 fully saturated rings. The Kier molecular flexibility index (Phi) is 7.75. The van der Waals surface area contributed by atoms with E-state index in [2.05, 4.69) is 10.6 Å². The Labute approximate surface area is 169 Å². The van der Waals surface area contributed by atoms with Crippen molar-refractivity contribution in [3.63, 3.8) is 0 Å². The van der Waals surface area contributed by atoms with Gasteiger partial charge in [-0.25, -0.2) is 9.18 Å². The van der Waals surface area contributed by atoms with Crippen LogP contribution in [0.1, 0.15) is 51.1 Å². The van der Waals surface area contributed by atoms with Gasteiger partial charge in [0.15, 0.2) is 0 Å². The van der Waals surface area contributed by atoms with E-state index in [1.807, 2.05) is 0 Å². The summed E-state index contributed by atoms with van der Waals surface area (Å²) in [5.41, 5.74) is -0.525. The first-order valence-corrected chi connectivity index (χ1v) is 9.62. The molecule has 8 heteroatoms. The predicted molar refractivity (Wildman–Crippen MR) is 104 cm³/mol. The number of hydrogen-bond acceptors (Lipinski definition) is 6. The van der Waals surface area contributed by atoms with E-state index in [1.54, 1.807) is 26.0 Å². The van der Waals surface area contributed by atoms with E-state index in [0.717, 1.165) is 24.5 Å². The molecule has 1 amide bonds. The third-order valence-electron chi connectivity index (χ3n) is 5.01. The van der Waals surface area contributed by atoms with Gasteiger partial charge in [0.25, 0.3) is 0 Å². The quantitative estimate of drug-likeness (QED) is 0.392. The van der Waals surface area contributed by atoms with Crippen molar-refractivity contribution in [3.05, 3.63) is 47.5 Å². The summed E-state index contributed by atoms with van der Waals surface area (Å²) in [5, 5.41) is 5.68. The van der Waals surface area contributed by atoms with Crippen molar-refractivity contribution < 1.29 is 28.2 Å². The highest BCUT2D eigenvalue weighted by atomic mass is 19.1. The Balaban J connectivity index is 2.23. The molecule has 0 saturated heterocycles. The van der Waals surface area contributed by atoms with Crippen LogP contribution in [0.2, 0.25) is 0 Å². The molecule has 0 radical (unpaired) electrons. The van der Waals surface area contributed by atoms with Gasteiger partial charge in [0, 0.05) is 6.04 Å². The fourth-order valence-electron chi connectivity index (χ4n) is 3.42. The Morgan fingerprint density at radius 3 is 2.38 bits per heavy atom. The molecule has 1 aromatic rings. The Hall–Kier alpha value is -2.90. The summed E-state index contributed by atoms with van der Waals surface area (Å²) in [5.74, 6) is -2.02. The first kappa shape index (κ1) is 22.4. The molecule has 0 aromatic heterocycles. The lowest BCUT2D eigenvalue weighted by Gasteiger charge is -2.26. The molecule has 1 atom stereocenters. The fraction of sp³-hybridized carbons (Fsp3) is 0.476. The van der Waals surface area contributed by atoms with Crippen LogP contribution < -0.4 is 10.6 Å². The van der Waals surface area contributed by atoms with Crippen molar-refractivity contribution in [3.8, 4) is 0 Å². The number of rotatable bonds is 8. The molecule has 0 unspecified atom stereocenters. The molecule has 1 aliphatic rings. The molecule has 1 aromatic carbocycles. The molecule has 0 heterocycles. The number of nitrogens with one attached hydrogen (secondary N) is 2. The minimum absolute atomic E-state index is 0.0976. The van der Waals surface area contributed by atoms with Gasteiger partial charge in [-0.05, 0) is 44.4 Å². The van der Waals surface area contributed by atoms with E-state index in [1.165, 1.54) is 19.2 Å². The average molecular weight is 406 g/mol. The minimum atomic E-state index is -1.27. The number of carbonyl (C=O) groups excluding carboxylic acids is 3. The molecule has 0 bridgehead atoms. The Morgan fingerprint density at radius 2 is 1.83 bits per heavy atom.